The Kier molecular flexibility index (Phi) is 15.7. The number of carbonyl (C=O) groups is 2. The molecule has 0 saturated carbocycles. The molecule has 0 radical (unpaired) electrons. The second-order valence-corrected chi connectivity index (χ2v) is 24.1. The summed E-state index contributed by atoms with van der Waals surface area (Å²) in [4.78, 5) is 42.0. The number of amides is 2. The number of anilines is 3. The molecular weight excluding hydrogens is 797 g/mol. The first-order chi connectivity index (χ1) is 28.3. The summed E-state index contributed by atoms with van der Waals surface area (Å²) in [5.41, 5.74) is 8.49. The lowest BCUT2D eigenvalue weighted by atomic mass is 10.1. The lowest BCUT2D eigenvalue weighted by molar-refractivity contribution is 0.00649. The number of rotatable bonds is 9. The van der Waals surface area contributed by atoms with Crippen LogP contribution in [0.3, 0.4) is 0 Å². The van der Waals surface area contributed by atoms with Gasteiger partial charge in [0, 0.05) is 62.8 Å². The summed E-state index contributed by atoms with van der Waals surface area (Å²) in [5, 5.41) is 9.78. The molecule has 0 bridgehead atoms. The van der Waals surface area contributed by atoms with E-state index in [9.17, 15) is 14.7 Å². The van der Waals surface area contributed by atoms with Crippen LogP contribution >= 0.6 is 0 Å². The summed E-state index contributed by atoms with van der Waals surface area (Å²) < 4.78 is 31.1. The Labute approximate surface area is 364 Å². The molecule has 17 heteroatoms. The number of hydrogen-bond acceptors (Lipinski definition) is 13. The van der Waals surface area contributed by atoms with Crippen LogP contribution in [0.5, 0.6) is 11.5 Å². The molecule has 61 heavy (non-hydrogen) atoms. The number of nitrogens with two attached hydrogens (primary N) is 1. The molecule has 0 aromatic carbocycles. The Morgan fingerprint density at radius 3 is 1.67 bits per heavy atom. The van der Waals surface area contributed by atoms with Gasteiger partial charge in [0.2, 0.25) is 0 Å². The quantitative estimate of drug-likeness (QED) is 0.210. The summed E-state index contributed by atoms with van der Waals surface area (Å²) in [5.74, 6) is 2.57. The monoisotopic (exact) mass is 869 g/mol. The lowest BCUT2D eigenvalue weighted by Crippen LogP contribution is -2.59. The number of methoxy groups -OCH3 is 2. The fourth-order valence-corrected chi connectivity index (χ4v) is 7.95. The van der Waals surface area contributed by atoms with Crippen LogP contribution in [0.4, 0.5) is 26.8 Å². The number of carbonyl (C=O) groups excluding carboxylic acids is 2. The highest BCUT2D eigenvalue weighted by Gasteiger charge is 2.41. The van der Waals surface area contributed by atoms with Gasteiger partial charge in [-0.2, -0.15) is 0 Å². The Balaban J connectivity index is 0.000000294. The zero-order chi connectivity index (χ0) is 45.7. The number of piperazine rings is 2. The van der Waals surface area contributed by atoms with Crippen LogP contribution in [0.2, 0.25) is 18.1 Å². The summed E-state index contributed by atoms with van der Waals surface area (Å²) in [6.07, 6.45) is 2.81. The maximum Gasteiger partial charge on any atom is 0.410 e. The van der Waals surface area contributed by atoms with E-state index in [1.54, 1.807) is 31.4 Å². The first-order valence-electron chi connectivity index (χ1n) is 21.0. The zero-order valence-electron chi connectivity index (χ0n) is 39.3. The molecule has 2 aliphatic heterocycles. The molecule has 3 aromatic heterocycles. The van der Waals surface area contributed by atoms with E-state index in [2.05, 4.69) is 74.3 Å². The van der Waals surface area contributed by atoms with Gasteiger partial charge in [0.25, 0.3) is 0 Å². The molecule has 2 saturated heterocycles. The van der Waals surface area contributed by atoms with E-state index < -0.39 is 25.6 Å². The molecule has 2 fully saturated rings. The second-order valence-electron chi connectivity index (χ2n) is 19.2. The molecule has 0 spiro atoms. The molecule has 2 atom stereocenters. The van der Waals surface area contributed by atoms with Gasteiger partial charge in [-0.25, -0.2) is 19.6 Å². The van der Waals surface area contributed by atoms with Gasteiger partial charge >= 0.3 is 12.2 Å². The number of aromatic nitrogens is 3. The first kappa shape index (κ1) is 48.9. The van der Waals surface area contributed by atoms with Crippen LogP contribution in [0.25, 0.3) is 5.82 Å². The van der Waals surface area contributed by atoms with Gasteiger partial charge in [-0.15, -0.1) is 0 Å². The van der Waals surface area contributed by atoms with Crippen LogP contribution in [0, 0.1) is 13.8 Å². The Morgan fingerprint density at radius 1 is 0.754 bits per heavy atom. The maximum atomic E-state index is 13.2. The van der Waals surface area contributed by atoms with E-state index in [1.807, 2.05) is 63.6 Å². The van der Waals surface area contributed by atoms with Gasteiger partial charge < -0.3 is 48.6 Å². The van der Waals surface area contributed by atoms with Crippen molar-refractivity contribution in [2.24, 2.45) is 0 Å². The molecule has 5 rings (SSSR count). The SMILES string of the molecule is COc1cc(-n2c(C)ccc2C)ncc1N1CCN(C(=O)OC(C)(C)C)[C@@H](CO[Si](C)(C)C(C)(C)C)C1.COc1cc(N)ncc1N1CCN(C(=O)OC(C)(C)C)[C@@H](CO)C1. The van der Waals surface area contributed by atoms with Gasteiger partial charge in [0.05, 0.1) is 63.3 Å². The molecule has 5 heterocycles. The van der Waals surface area contributed by atoms with Gasteiger partial charge in [0.15, 0.2) is 8.32 Å². The molecule has 2 aliphatic rings. The fraction of sp³-hybridized carbons (Fsp3) is 0.636. The van der Waals surface area contributed by atoms with Crippen molar-refractivity contribution in [1.29, 1.82) is 0 Å². The summed E-state index contributed by atoms with van der Waals surface area (Å²) in [6, 6.07) is 7.28. The molecule has 0 unspecified atom stereocenters. The Morgan fingerprint density at radius 2 is 1.21 bits per heavy atom. The van der Waals surface area contributed by atoms with Crippen molar-refractivity contribution in [2.45, 2.75) is 118 Å². The number of aliphatic hydroxyl groups excluding tert-OH is 1. The minimum atomic E-state index is -2.01. The molecule has 340 valence electrons. The van der Waals surface area contributed by atoms with E-state index in [0.29, 0.717) is 57.4 Å². The average molecular weight is 869 g/mol. The van der Waals surface area contributed by atoms with Crippen molar-refractivity contribution in [3.63, 3.8) is 0 Å². The van der Waals surface area contributed by atoms with Gasteiger partial charge in [0.1, 0.15) is 34.3 Å². The van der Waals surface area contributed by atoms with Crippen molar-refractivity contribution < 1.29 is 38.1 Å². The van der Waals surface area contributed by atoms with Gasteiger partial charge in [-0.3, -0.25) is 9.80 Å². The van der Waals surface area contributed by atoms with E-state index in [0.717, 1.165) is 34.3 Å². The van der Waals surface area contributed by atoms with E-state index in [4.69, 9.17) is 34.1 Å². The number of hydrogen-bond donors (Lipinski definition) is 2. The highest BCUT2D eigenvalue weighted by Crippen LogP contribution is 2.38. The minimum Gasteiger partial charge on any atom is -0.494 e. The van der Waals surface area contributed by atoms with E-state index in [-0.39, 0.29) is 29.8 Å². The van der Waals surface area contributed by atoms with Crippen LogP contribution in [-0.4, -0.2) is 140 Å². The van der Waals surface area contributed by atoms with Crippen molar-refractivity contribution >= 4 is 37.7 Å². The molecule has 0 aliphatic carbocycles. The molecule has 3 N–H and O–H groups in total. The fourth-order valence-electron chi connectivity index (χ4n) is 6.91. The average Bonchev–Trinajstić information content (AvgIpc) is 3.51. The summed E-state index contributed by atoms with van der Waals surface area (Å²) >= 11 is 0. The Bertz CT molecular complexity index is 1930. The van der Waals surface area contributed by atoms with Crippen LogP contribution in [0.1, 0.15) is 73.7 Å². The van der Waals surface area contributed by atoms with Crippen LogP contribution < -0.4 is 25.0 Å². The van der Waals surface area contributed by atoms with Gasteiger partial charge in [-0.1, -0.05) is 20.8 Å². The van der Waals surface area contributed by atoms with E-state index in [1.165, 1.54) is 0 Å². The van der Waals surface area contributed by atoms with Crippen LogP contribution in [0.15, 0.2) is 36.7 Å². The second kappa shape index (κ2) is 19.5. The van der Waals surface area contributed by atoms with Crippen molar-refractivity contribution in [1.82, 2.24) is 24.3 Å². The topological polar surface area (TPSA) is 170 Å². The molecule has 2 amide bonds. The summed E-state index contributed by atoms with van der Waals surface area (Å²) in [6.45, 7) is 30.0. The standard InChI is InChI=1S/C28H46N4O4Si.C16H26N4O4/c1-20-12-13-21(2)32(20)25-16-24(34-9)23(17-29-25)30-14-15-31(26(33)36-27(3,4)5)22(18-30)19-35-37(10,11)28(6,7)8;1-16(2,3)24-15(22)20-6-5-19(9-11(20)10-21)12-8-18-14(17)7-13(12)23-4/h12-13,16-17,22H,14-15,18-19H2,1-11H3;7-8,11,21H,5-6,9-10H2,1-4H3,(H2,17,18)/t22-;11-/m11/s1. The highest BCUT2D eigenvalue weighted by molar-refractivity contribution is 6.74. The predicted octanol–water partition coefficient (Wildman–Crippen LogP) is 7.04. The lowest BCUT2D eigenvalue weighted by Gasteiger charge is -2.44. The van der Waals surface area contributed by atoms with Gasteiger partial charge in [-0.05, 0) is 85.7 Å². The van der Waals surface area contributed by atoms with E-state index >= 15 is 0 Å². The number of pyridine rings is 2. The van der Waals surface area contributed by atoms with Crippen molar-refractivity contribution in [3.8, 4) is 17.3 Å². The smallest absolute Gasteiger partial charge is 0.410 e. The Hall–Kier alpha value is -4.74. The predicted molar refractivity (Wildman–Crippen MR) is 243 cm³/mol. The highest BCUT2D eigenvalue weighted by atomic mass is 28.4. The van der Waals surface area contributed by atoms with Crippen molar-refractivity contribution in [2.75, 3.05) is 82.2 Å². The van der Waals surface area contributed by atoms with Crippen LogP contribution in [-0.2, 0) is 13.9 Å². The zero-order valence-corrected chi connectivity index (χ0v) is 40.3. The third-order valence-electron chi connectivity index (χ3n) is 11.2. The third kappa shape index (κ3) is 12.7. The van der Waals surface area contributed by atoms with Crippen molar-refractivity contribution in [3.05, 3.63) is 48.0 Å². The molecule has 3 aromatic rings. The number of ether oxygens (including phenoxy) is 4. The number of aryl methyl sites for hydroxylation is 2. The first-order valence-corrected chi connectivity index (χ1v) is 23.9. The number of nitrogens with zero attached hydrogens (tertiary/aromatic N) is 7. The summed E-state index contributed by atoms with van der Waals surface area (Å²) in [7, 11) is 1.25. The third-order valence-corrected chi connectivity index (χ3v) is 15.7. The maximum absolute atomic E-state index is 13.2. The minimum absolute atomic E-state index is 0.0792. The number of nitrogen functional groups attached to an aromatic ring is 1. The molecular formula is C44H72N8O8Si. The largest absolute Gasteiger partial charge is 0.494 e. The normalized spacial score (nSPS) is 17.7. The number of aliphatic hydroxyl groups is 1. The molecule has 16 nitrogen and oxygen atoms in total.